The number of carbonyl (C=O) groups is 1. The second-order valence-corrected chi connectivity index (χ2v) is 12.0. The van der Waals surface area contributed by atoms with Crippen molar-refractivity contribution in [2.75, 3.05) is 52.4 Å². The Morgan fingerprint density at radius 1 is 0.780 bits per heavy atom. The number of carbonyl (C=O) groups excluding carboxylic acids is 1. The highest BCUT2D eigenvalue weighted by molar-refractivity contribution is 6.02. The third-order valence-electron chi connectivity index (χ3n) is 9.13. The zero-order chi connectivity index (χ0) is 28.8. The molecule has 1 atom stereocenters. The number of nitrogens with zero attached hydrogens (tertiary/aromatic N) is 3. The summed E-state index contributed by atoms with van der Waals surface area (Å²) in [6.45, 7) is 12.4. The molecule has 0 aliphatic carbocycles. The van der Waals surface area contributed by atoms with Gasteiger partial charge in [-0.05, 0) is 92.6 Å². The van der Waals surface area contributed by atoms with Gasteiger partial charge in [-0.25, -0.2) is 8.78 Å². The molecule has 41 heavy (non-hydrogen) atoms. The molecule has 0 spiro atoms. The fourth-order valence-corrected chi connectivity index (χ4v) is 6.55. The van der Waals surface area contributed by atoms with Crippen molar-refractivity contribution in [3.63, 3.8) is 0 Å². The fourth-order valence-electron chi connectivity index (χ4n) is 6.55. The Labute approximate surface area is 244 Å². The van der Waals surface area contributed by atoms with Crippen LogP contribution < -0.4 is 0 Å². The molecular formula is C35H43F2N3O. The van der Waals surface area contributed by atoms with E-state index in [1.54, 1.807) is 24.3 Å². The van der Waals surface area contributed by atoms with Crippen LogP contribution in [0.1, 0.15) is 54.9 Å². The van der Waals surface area contributed by atoms with Crippen LogP contribution in [0.5, 0.6) is 0 Å². The molecule has 218 valence electrons. The lowest BCUT2D eigenvalue weighted by molar-refractivity contribution is 0.0874. The Hall–Kier alpha value is -2.93. The summed E-state index contributed by atoms with van der Waals surface area (Å²) in [5.74, 6) is 0.674. The second-order valence-electron chi connectivity index (χ2n) is 12.0. The highest BCUT2D eigenvalue weighted by Gasteiger charge is 2.31. The minimum atomic E-state index is -0.280. The van der Waals surface area contributed by atoms with Gasteiger partial charge in [0.1, 0.15) is 11.6 Å². The lowest BCUT2D eigenvalue weighted by atomic mass is 9.79. The molecule has 6 heteroatoms. The van der Waals surface area contributed by atoms with Gasteiger partial charge in [0, 0.05) is 57.3 Å². The van der Waals surface area contributed by atoms with Crippen LogP contribution >= 0.6 is 0 Å². The summed E-state index contributed by atoms with van der Waals surface area (Å²) in [6, 6.07) is 21.7. The summed E-state index contributed by atoms with van der Waals surface area (Å²) in [6.07, 6.45) is 2.83. The van der Waals surface area contributed by atoms with E-state index in [1.807, 2.05) is 36.4 Å². The maximum Gasteiger partial charge on any atom is 0.164 e. The Kier molecular flexibility index (Phi) is 9.97. The van der Waals surface area contributed by atoms with Crippen LogP contribution in [0.15, 0.2) is 72.8 Å². The van der Waals surface area contributed by atoms with Crippen LogP contribution in [0.4, 0.5) is 8.78 Å². The summed E-state index contributed by atoms with van der Waals surface area (Å²) in [5, 5.41) is 0. The molecule has 0 radical (unpaired) electrons. The quantitative estimate of drug-likeness (QED) is 0.258. The molecule has 2 saturated heterocycles. The largest absolute Gasteiger partial charge is 0.301 e. The first kappa shape index (κ1) is 29.6. The topological polar surface area (TPSA) is 26.8 Å². The van der Waals surface area contributed by atoms with Gasteiger partial charge >= 0.3 is 0 Å². The van der Waals surface area contributed by atoms with Crippen LogP contribution in [0.2, 0.25) is 0 Å². The molecular weight excluding hydrogens is 516 g/mol. The number of piperazine rings is 1. The summed E-state index contributed by atoms with van der Waals surface area (Å²) in [7, 11) is 0. The van der Waals surface area contributed by atoms with Crippen LogP contribution in [0.3, 0.4) is 0 Å². The third-order valence-corrected chi connectivity index (χ3v) is 9.13. The molecule has 4 nitrogen and oxygen atoms in total. The lowest BCUT2D eigenvalue weighted by Gasteiger charge is -2.41. The standard InChI is InChI=1S/C35H43F2N3O/c1-26(2)40-19-15-29(16-20-40)34(28-9-13-31(37)14-10-28)25-39-23-21-38(22-24-39)18-17-35(41)33-6-4-3-5-32(33)27-7-11-30(36)12-8-27/h3-14,26,29,34H,15-25H2,1-2H3. The number of hydrogen-bond acceptors (Lipinski definition) is 4. The summed E-state index contributed by atoms with van der Waals surface area (Å²) >= 11 is 0. The van der Waals surface area contributed by atoms with E-state index in [4.69, 9.17) is 0 Å². The monoisotopic (exact) mass is 559 g/mol. The molecule has 2 heterocycles. The number of benzene rings is 3. The minimum Gasteiger partial charge on any atom is -0.301 e. The van der Waals surface area contributed by atoms with E-state index in [9.17, 15) is 13.6 Å². The van der Waals surface area contributed by atoms with Crippen molar-refractivity contribution in [3.05, 3.63) is 95.6 Å². The van der Waals surface area contributed by atoms with Gasteiger partial charge in [0.2, 0.25) is 0 Å². The van der Waals surface area contributed by atoms with Gasteiger partial charge in [0.15, 0.2) is 5.78 Å². The van der Waals surface area contributed by atoms with Crippen molar-refractivity contribution in [2.24, 2.45) is 5.92 Å². The molecule has 2 aliphatic heterocycles. The van der Waals surface area contributed by atoms with Gasteiger partial charge in [-0.15, -0.1) is 0 Å². The summed E-state index contributed by atoms with van der Waals surface area (Å²) in [4.78, 5) is 20.8. The molecule has 0 bridgehead atoms. The molecule has 0 amide bonds. The van der Waals surface area contributed by atoms with Gasteiger partial charge in [0.05, 0.1) is 0 Å². The number of piperidine rings is 1. The number of halogens is 2. The Morgan fingerprint density at radius 2 is 1.37 bits per heavy atom. The maximum absolute atomic E-state index is 13.7. The molecule has 0 saturated carbocycles. The molecule has 3 aromatic rings. The first-order valence-corrected chi connectivity index (χ1v) is 15.2. The van der Waals surface area contributed by atoms with Crippen LogP contribution in [0.25, 0.3) is 11.1 Å². The molecule has 1 unspecified atom stereocenters. The third kappa shape index (κ3) is 7.68. The van der Waals surface area contributed by atoms with Crippen molar-refractivity contribution < 1.29 is 13.6 Å². The highest BCUT2D eigenvalue weighted by Crippen LogP contribution is 2.34. The van der Waals surface area contributed by atoms with Gasteiger partial charge in [-0.3, -0.25) is 4.79 Å². The van der Waals surface area contributed by atoms with Crippen molar-refractivity contribution in [3.8, 4) is 11.1 Å². The predicted molar refractivity (Wildman–Crippen MR) is 162 cm³/mol. The van der Waals surface area contributed by atoms with Crippen molar-refractivity contribution in [1.82, 2.24) is 14.7 Å². The zero-order valence-electron chi connectivity index (χ0n) is 24.4. The van der Waals surface area contributed by atoms with E-state index in [1.165, 1.54) is 30.5 Å². The predicted octanol–water partition coefficient (Wildman–Crippen LogP) is 6.73. The van der Waals surface area contributed by atoms with E-state index in [0.29, 0.717) is 29.9 Å². The number of ketones is 1. The molecule has 2 fully saturated rings. The number of likely N-dealkylation sites (tertiary alicyclic amines) is 1. The Morgan fingerprint density at radius 3 is 2.00 bits per heavy atom. The zero-order valence-corrected chi connectivity index (χ0v) is 24.4. The van der Waals surface area contributed by atoms with E-state index >= 15 is 0 Å². The first-order chi connectivity index (χ1) is 19.9. The Bertz CT molecular complexity index is 1260. The number of rotatable bonds is 10. The van der Waals surface area contributed by atoms with Crippen LogP contribution in [0, 0.1) is 17.6 Å². The van der Waals surface area contributed by atoms with E-state index in [0.717, 1.165) is 63.5 Å². The molecule has 0 N–H and O–H groups in total. The van der Waals surface area contributed by atoms with Gasteiger partial charge in [-0.2, -0.15) is 0 Å². The fraction of sp³-hybridized carbons (Fsp3) is 0.457. The average molecular weight is 560 g/mol. The first-order valence-electron chi connectivity index (χ1n) is 15.2. The van der Waals surface area contributed by atoms with Gasteiger partial charge < -0.3 is 14.7 Å². The SMILES string of the molecule is CC(C)N1CCC(C(CN2CCN(CCC(=O)c3ccccc3-c3ccc(F)cc3)CC2)c2ccc(F)cc2)CC1. The van der Waals surface area contributed by atoms with E-state index < -0.39 is 0 Å². The summed E-state index contributed by atoms with van der Waals surface area (Å²) in [5.41, 5.74) is 3.66. The molecule has 2 aliphatic rings. The number of Topliss-reactive ketones (excluding diaryl/α,β-unsaturated/α-hetero) is 1. The maximum atomic E-state index is 13.7. The van der Waals surface area contributed by atoms with Gasteiger partial charge in [-0.1, -0.05) is 48.5 Å². The summed E-state index contributed by atoms with van der Waals surface area (Å²) < 4.78 is 27.2. The molecule has 0 aromatic heterocycles. The van der Waals surface area contributed by atoms with E-state index in [2.05, 4.69) is 28.5 Å². The highest BCUT2D eigenvalue weighted by atomic mass is 19.1. The van der Waals surface area contributed by atoms with Gasteiger partial charge in [0.25, 0.3) is 0 Å². The number of hydrogen-bond donors (Lipinski definition) is 0. The van der Waals surface area contributed by atoms with Crippen molar-refractivity contribution in [1.29, 1.82) is 0 Å². The van der Waals surface area contributed by atoms with Crippen molar-refractivity contribution >= 4 is 5.78 Å². The minimum absolute atomic E-state index is 0.122. The van der Waals surface area contributed by atoms with Crippen LogP contribution in [-0.2, 0) is 0 Å². The van der Waals surface area contributed by atoms with E-state index in [-0.39, 0.29) is 17.4 Å². The van der Waals surface area contributed by atoms with Crippen molar-refractivity contribution in [2.45, 2.75) is 45.1 Å². The Balaban J connectivity index is 1.16. The lowest BCUT2D eigenvalue weighted by Crippen LogP contribution is -2.49. The smallest absolute Gasteiger partial charge is 0.164 e. The molecule has 5 rings (SSSR count). The molecule has 3 aromatic carbocycles. The average Bonchev–Trinajstić information content (AvgIpc) is 3.00. The van der Waals surface area contributed by atoms with Crippen LogP contribution in [-0.4, -0.2) is 78.9 Å². The second kappa shape index (κ2) is 13.8. The normalized spacial score (nSPS) is 18.6.